The zero-order valence-corrected chi connectivity index (χ0v) is 10.5. The Morgan fingerprint density at radius 1 is 1.08 bits per heavy atom. The average molecular weight is 204 g/mol. The molecule has 0 unspecified atom stereocenters. The Balaban J connectivity index is 3.95. The molecule has 0 fully saturated rings. The van der Waals surface area contributed by atoms with Gasteiger partial charge in [0.15, 0.2) is 8.32 Å². The van der Waals surface area contributed by atoms with E-state index in [0.717, 1.165) is 24.6 Å². The maximum atomic E-state index is 9.41. The predicted molar refractivity (Wildman–Crippen MR) is 59.4 cm³/mol. The van der Waals surface area contributed by atoms with Gasteiger partial charge < -0.3 is 9.53 Å². The molecule has 0 aromatic rings. The standard InChI is InChI=1S/C10H24O2Si/c1-5-10(11)9-12-13(6-2,7-3)8-4/h10-11H,5-9H2,1-4H3/t10-/m0/s1. The van der Waals surface area contributed by atoms with E-state index in [1.165, 1.54) is 0 Å². The molecule has 0 saturated carbocycles. The van der Waals surface area contributed by atoms with E-state index in [1.807, 2.05) is 6.92 Å². The van der Waals surface area contributed by atoms with Crippen LogP contribution in [0.25, 0.3) is 0 Å². The van der Waals surface area contributed by atoms with Gasteiger partial charge in [-0.1, -0.05) is 27.7 Å². The first-order valence-corrected chi connectivity index (χ1v) is 7.99. The van der Waals surface area contributed by atoms with Gasteiger partial charge in [0.2, 0.25) is 0 Å². The first-order valence-electron chi connectivity index (χ1n) is 5.46. The summed E-state index contributed by atoms with van der Waals surface area (Å²) in [5, 5.41) is 9.41. The van der Waals surface area contributed by atoms with Gasteiger partial charge in [0.25, 0.3) is 0 Å². The minimum atomic E-state index is -1.46. The van der Waals surface area contributed by atoms with Crippen molar-refractivity contribution in [2.45, 2.75) is 58.4 Å². The summed E-state index contributed by atoms with van der Waals surface area (Å²) in [5.74, 6) is 0. The van der Waals surface area contributed by atoms with Crippen LogP contribution in [0.15, 0.2) is 0 Å². The van der Waals surface area contributed by atoms with Crippen molar-refractivity contribution < 1.29 is 9.53 Å². The molecule has 0 aliphatic carbocycles. The zero-order chi connectivity index (χ0) is 10.3. The molecule has 0 aliphatic heterocycles. The van der Waals surface area contributed by atoms with Crippen LogP contribution >= 0.6 is 0 Å². The van der Waals surface area contributed by atoms with Crippen molar-refractivity contribution >= 4 is 8.32 Å². The molecular weight excluding hydrogens is 180 g/mol. The van der Waals surface area contributed by atoms with Crippen molar-refractivity contribution in [3.05, 3.63) is 0 Å². The number of aliphatic hydroxyl groups is 1. The van der Waals surface area contributed by atoms with Gasteiger partial charge in [-0.25, -0.2) is 0 Å². The normalized spacial score (nSPS) is 14.5. The van der Waals surface area contributed by atoms with Crippen LogP contribution in [0.3, 0.4) is 0 Å². The fourth-order valence-corrected chi connectivity index (χ4v) is 4.11. The van der Waals surface area contributed by atoms with Gasteiger partial charge in [0.1, 0.15) is 0 Å². The van der Waals surface area contributed by atoms with E-state index >= 15 is 0 Å². The van der Waals surface area contributed by atoms with E-state index < -0.39 is 8.32 Å². The van der Waals surface area contributed by atoms with Gasteiger partial charge in [-0.05, 0) is 24.6 Å². The number of hydrogen-bond acceptors (Lipinski definition) is 2. The molecule has 13 heavy (non-hydrogen) atoms. The lowest BCUT2D eigenvalue weighted by Crippen LogP contribution is -2.38. The molecule has 1 N–H and O–H groups in total. The molecule has 3 heteroatoms. The fraction of sp³-hybridized carbons (Fsp3) is 1.00. The van der Waals surface area contributed by atoms with E-state index in [0.29, 0.717) is 6.61 Å². The van der Waals surface area contributed by atoms with Crippen LogP contribution in [-0.4, -0.2) is 26.1 Å². The van der Waals surface area contributed by atoms with Crippen molar-refractivity contribution in [2.24, 2.45) is 0 Å². The zero-order valence-electron chi connectivity index (χ0n) is 9.47. The molecule has 0 aromatic carbocycles. The van der Waals surface area contributed by atoms with E-state index in [1.54, 1.807) is 0 Å². The monoisotopic (exact) mass is 204 g/mol. The quantitative estimate of drug-likeness (QED) is 0.646. The van der Waals surface area contributed by atoms with E-state index in [4.69, 9.17) is 4.43 Å². The molecule has 80 valence electrons. The maximum absolute atomic E-state index is 9.41. The largest absolute Gasteiger partial charge is 0.414 e. The van der Waals surface area contributed by atoms with Crippen LogP contribution < -0.4 is 0 Å². The highest BCUT2D eigenvalue weighted by atomic mass is 28.4. The van der Waals surface area contributed by atoms with Gasteiger partial charge in [-0.2, -0.15) is 0 Å². The predicted octanol–water partition coefficient (Wildman–Crippen LogP) is 2.78. The fourth-order valence-electron chi connectivity index (χ4n) is 1.45. The Bertz CT molecular complexity index is 116. The summed E-state index contributed by atoms with van der Waals surface area (Å²) in [6.07, 6.45) is 0.526. The lowest BCUT2D eigenvalue weighted by atomic mass is 10.3. The van der Waals surface area contributed by atoms with Crippen molar-refractivity contribution in [3.8, 4) is 0 Å². The third-order valence-electron chi connectivity index (χ3n) is 2.99. The second-order valence-corrected chi connectivity index (χ2v) is 8.39. The second kappa shape index (κ2) is 6.57. The molecule has 0 amide bonds. The summed E-state index contributed by atoms with van der Waals surface area (Å²) < 4.78 is 5.92. The maximum Gasteiger partial charge on any atom is 0.192 e. The highest BCUT2D eigenvalue weighted by Crippen LogP contribution is 2.21. The molecule has 1 atom stereocenters. The summed E-state index contributed by atoms with van der Waals surface area (Å²) in [4.78, 5) is 0. The minimum absolute atomic E-state index is 0.267. The number of aliphatic hydroxyl groups excluding tert-OH is 1. The molecule has 0 heterocycles. The Kier molecular flexibility index (Phi) is 6.64. The van der Waals surface area contributed by atoms with Gasteiger partial charge in [-0.15, -0.1) is 0 Å². The highest BCUT2D eigenvalue weighted by molar-refractivity contribution is 6.73. The molecule has 0 bridgehead atoms. The lowest BCUT2D eigenvalue weighted by molar-refractivity contribution is 0.0985. The van der Waals surface area contributed by atoms with Crippen molar-refractivity contribution in [1.29, 1.82) is 0 Å². The third-order valence-corrected chi connectivity index (χ3v) is 7.63. The van der Waals surface area contributed by atoms with E-state index in [9.17, 15) is 5.11 Å². The Morgan fingerprint density at radius 2 is 1.54 bits per heavy atom. The summed E-state index contributed by atoms with van der Waals surface area (Å²) in [6, 6.07) is 3.49. The second-order valence-electron chi connectivity index (χ2n) is 3.62. The minimum Gasteiger partial charge on any atom is -0.414 e. The van der Waals surface area contributed by atoms with Crippen LogP contribution in [0.1, 0.15) is 34.1 Å². The van der Waals surface area contributed by atoms with Crippen LogP contribution in [0, 0.1) is 0 Å². The van der Waals surface area contributed by atoms with Gasteiger partial charge >= 0.3 is 0 Å². The smallest absolute Gasteiger partial charge is 0.192 e. The van der Waals surface area contributed by atoms with Gasteiger partial charge in [-0.3, -0.25) is 0 Å². The summed E-state index contributed by atoms with van der Waals surface area (Å²) >= 11 is 0. The molecule has 0 radical (unpaired) electrons. The molecule has 0 aromatic heterocycles. The summed E-state index contributed by atoms with van der Waals surface area (Å²) in [5.41, 5.74) is 0. The first kappa shape index (κ1) is 13.1. The molecule has 0 aliphatic rings. The lowest BCUT2D eigenvalue weighted by Gasteiger charge is -2.29. The number of hydrogen-bond donors (Lipinski definition) is 1. The summed E-state index contributed by atoms with van der Waals surface area (Å²) in [6.45, 7) is 9.14. The highest BCUT2D eigenvalue weighted by Gasteiger charge is 2.28. The van der Waals surface area contributed by atoms with Crippen molar-refractivity contribution in [3.63, 3.8) is 0 Å². The van der Waals surface area contributed by atoms with Crippen LogP contribution in [-0.2, 0) is 4.43 Å². The first-order chi connectivity index (χ1) is 6.14. The Hall–Kier alpha value is 0.137. The molecule has 0 saturated heterocycles. The van der Waals surface area contributed by atoms with Crippen LogP contribution in [0.5, 0.6) is 0 Å². The Labute approximate surface area is 83.4 Å². The summed E-state index contributed by atoms with van der Waals surface area (Å²) in [7, 11) is -1.46. The van der Waals surface area contributed by atoms with Gasteiger partial charge in [0.05, 0.1) is 12.7 Å². The van der Waals surface area contributed by atoms with Crippen molar-refractivity contribution in [1.82, 2.24) is 0 Å². The van der Waals surface area contributed by atoms with E-state index in [2.05, 4.69) is 20.8 Å². The van der Waals surface area contributed by atoms with Gasteiger partial charge in [0, 0.05) is 0 Å². The molecular formula is C10H24O2Si. The SMILES string of the molecule is CC[C@H](O)CO[Si](CC)(CC)CC. The molecule has 2 nitrogen and oxygen atoms in total. The third kappa shape index (κ3) is 4.25. The number of rotatable bonds is 7. The molecule has 0 rings (SSSR count). The van der Waals surface area contributed by atoms with Crippen LogP contribution in [0.2, 0.25) is 18.1 Å². The average Bonchev–Trinajstić information content (AvgIpc) is 2.20. The van der Waals surface area contributed by atoms with Crippen molar-refractivity contribution in [2.75, 3.05) is 6.61 Å². The Morgan fingerprint density at radius 3 is 1.85 bits per heavy atom. The topological polar surface area (TPSA) is 29.5 Å². The van der Waals surface area contributed by atoms with Crippen LogP contribution in [0.4, 0.5) is 0 Å². The van der Waals surface area contributed by atoms with E-state index in [-0.39, 0.29) is 6.10 Å². The molecule has 0 spiro atoms.